The van der Waals surface area contributed by atoms with Crippen molar-refractivity contribution in [3.63, 3.8) is 0 Å². The number of para-hydroxylation sites is 2. The van der Waals surface area contributed by atoms with Crippen LogP contribution in [0.25, 0.3) is 0 Å². The molecular formula is C62H102O26. The van der Waals surface area contributed by atoms with Crippen LogP contribution < -0.4 is 37.9 Å². The summed E-state index contributed by atoms with van der Waals surface area (Å²) < 4.78 is 150. The maximum atomic E-state index is 6.54. The molecule has 3 aromatic carbocycles. The van der Waals surface area contributed by atoms with E-state index in [4.69, 9.17) is 123 Å². The van der Waals surface area contributed by atoms with Gasteiger partial charge in [0.05, 0.1) is 198 Å². The van der Waals surface area contributed by atoms with Gasteiger partial charge in [0.25, 0.3) is 0 Å². The molecule has 0 unspecified atom stereocenters. The first-order valence-corrected chi connectivity index (χ1v) is 29.9. The summed E-state index contributed by atoms with van der Waals surface area (Å²) in [6.45, 7) is 13.6. The Morgan fingerprint density at radius 3 is 0.580 bits per heavy atom. The normalized spacial score (nSPS) is 11.3. The van der Waals surface area contributed by atoms with Gasteiger partial charge in [-0.2, -0.15) is 0 Å². The van der Waals surface area contributed by atoms with Crippen LogP contribution in [0.4, 0.5) is 0 Å². The molecule has 0 N–H and O–H groups in total. The Balaban J connectivity index is 1.89. The lowest BCUT2D eigenvalue weighted by atomic mass is 10.2. The average Bonchev–Trinajstić information content (AvgIpc) is 2.32. The van der Waals surface area contributed by atoms with E-state index in [9.17, 15) is 0 Å². The molecule has 0 bridgehead atoms. The molecule has 0 aliphatic heterocycles. The summed E-state index contributed by atoms with van der Waals surface area (Å²) in [6, 6.07) is 14.8. The maximum Gasteiger partial charge on any atom is 0.203 e. The van der Waals surface area contributed by atoms with E-state index in [-0.39, 0.29) is 92.5 Å². The molecule has 0 spiro atoms. The monoisotopic (exact) mass is 1260 g/mol. The van der Waals surface area contributed by atoms with Gasteiger partial charge in [0.2, 0.25) is 11.5 Å². The highest BCUT2D eigenvalue weighted by atomic mass is 16.6. The zero-order valence-corrected chi connectivity index (χ0v) is 53.1. The van der Waals surface area contributed by atoms with E-state index < -0.39 is 0 Å². The molecule has 0 saturated carbocycles. The van der Waals surface area contributed by atoms with Crippen molar-refractivity contribution in [2.24, 2.45) is 0 Å². The van der Waals surface area contributed by atoms with Crippen molar-refractivity contribution in [1.82, 2.24) is 0 Å². The standard InChI is InChI=1S/C62H102O26/c1-63-11-17-69-23-29-75-35-41-81-57-47-53(48-58(82-42-36-76-30-24-70-18-12-64-2)61(57)85-45-39-79-33-27-73-21-15-67-5)51-87-55-9-7-8-10-56(55)88-52-54-49-59(83-43-37-77-31-25-71-19-13-65-3)62(86-46-40-80-34-28-74-22-16-68-6)60(50-54)84-44-38-78-32-26-72-20-14-66-4/h7-10,47-50H,11-46,51-52H2,1-6H3. The Kier molecular flexibility index (Phi) is 50.7. The molecule has 0 heterocycles. The predicted octanol–water partition coefficient (Wildman–Crippen LogP) is 5.20. The summed E-state index contributed by atoms with van der Waals surface area (Å²) in [5, 5.41) is 0. The third-order valence-electron chi connectivity index (χ3n) is 11.5. The van der Waals surface area contributed by atoms with Gasteiger partial charge in [0, 0.05) is 42.7 Å². The molecule has 0 saturated heterocycles. The van der Waals surface area contributed by atoms with Crippen molar-refractivity contribution < 1.29 is 123 Å². The van der Waals surface area contributed by atoms with Crippen LogP contribution in [0.1, 0.15) is 11.1 Å². The molecule has 0 aliphatic rings. The lowest BCUT2D eigenvalue weighted by Gasteiger charge is -2.20. The minimum absolute atomic E-state index is 0.0828. The van der Waals surface area contributed by atoms with Gasteiger partial charge in [-0.3, -0.25) is 0 Å². The SMILES string of the molecule is COCCOCCOCCOc1cc(COc2ccccc2OCc2cc(OCCOCCOCCOC)c(OCCOCCOCCOC)c(OCCOCCOCCOC)c2)cc(OCCOCCOCCOC)c1OCCOCCOCCOC. The minimum atomic E-state index is 0.0828. The third-order valence-corrected chi connectivity index (χ3v) is 11.5. The van der Waals surface area contributed by atoms with Gasteiger partial charge in [-0.15, -0.1) is 0 Å². The molecule has 0 atom stereocenters. The van der Waals surface area contributed by atoms with E-state index in [0.29, 0.717) is 216 Å². The number of hydrogen-bond donors (Lipinski definition) is 0. The van der Waals surface area contributed by atoms with E-state index >= 15 is 0 Å². The number of ether oxygens (including phenoxy) is 26. The Labute approximate surface area is 521 Å². The maximum absolute atomic E-state index is 6.54. The van der Waals surface area contributed by atoms with Crippen LogP contribution >= 0.6 is 0 Å². The van der Waals surface area contributed by atoms with E-state index in [2.05, 4.69) is 0 Å². The van der Waals surface area contributed by atoms with E-state index in [0.717, 1.165) is 0 Å². The van der Waals surface area contributed by atoms with Crippen LogP contribution in [0, 0.1) is 0 Å². The van der Waals surface area contributed by atoms with Crippen LogP contribution in [-0.4, -0.2) is 281 Å². The molecule has 0 aromatic heterocycles. The van der Waals surface area contributed by atoms with Crippen LogP contribution in [-0.2, 0) is 98.5 Å². The summed E-state index contributed by atoms with van der Waals surface area (Å²) in [4.78, 5) is 0. The Hall–Kier alpha value is -4.66. The molecule has 0 radical (unpaired) electrons. The highest BCUT2D eigenvalue weighted by molar-refractivity contribution is 5.55. The summed E-state index contributed by atoms with van der Waals surface area (Å²) in [7, 11) is 9.76. The van der Waals surface area contributed by atoms with Crippen LogP contribution in [0.15, 0.2) is 48.5 Å². The number of hydrogen-bond acceptors (Lipinski definition) is 26. The molecule has 3 rings (SSSR count). The van der Waals surface area contributed by atoms with Crippen molar-refractivity contribution in [3.8, 4) is 46.0 Å². The Morgan fingerprint density at radius 1 is 0.193 bits per heavy atom. The van der Waals surface area contributed by atoms with Gasteiger partial charge < -0.3 is 123 Å². The van der Waals surface area contributed by atoms with Crippen LogP contribution in [0.5, 0.6) is 46.0 Å². The summed E-state index contributed by atoms with van der Waals surface area (Å²) in [5.41, 5.74) is 1.42. The van der Waals surface area contributed by atoms with Gasteiger partial charge in [0.1, 0.15) is 52.9 Å². The minimum Gasteiger partial charge on any atom is -0.487 e. The lowest BCUT2D eigenvalue weighted by Crippen LogP contribution is -2.16. The first-order chi connectivity index (χ1) is 43.6. The van der Waals surface area contributed by atoms with Crippen molar-refractivity contribution in [2.45, 2.75) is 13.2 Å². The zero-order chi connectivity index (χ0) is 62.7. The lowest BCUT2D eigenvalue weighted by molar-refractivity contribution is 0.0146. The first kappa shape index (κ1) is 77.6. The molecule has 0 amide bonds. The van der Waals surface area contributed by atoms with Crippen molar-refractivity contribution in [3.05, 3.63) is 59.7 Å². The molecule has 3 aromatic rings. The van der Waals surface area contributed by atoms with E-state index in [1.54, 1.807) is 42.7 Å². The fourth-order valence-electron chi connectivity index (χ4n) is 7.19. The zero-order valence-electron chi connectivity index (χ0n) is 53.1. The molecule has 0 aliphatic carbocycles. The predicted molar refractivity (Wildman–Crippen MR) is 322 cm³/mol. The molecule has 88 heavy (non-hydrogen) atoms. The second-order valence-corrected chi connectivity index (χ2v) is 18.3. The highest BCUT2D eigenvalue weighted by Crippen LogP contribution is 2.41. The average molecular weight is 1260 g/mol. The molecular weight excluding hydrogens is 1160 g/mol. The number of rotatable bonds is 66. The first-order valence-electron chi connectivity index (χ1n) is 29.9. The fraction of sp³-hybridized carbons (Fsp3) is 0.710. The molecule has 506 valence electrons. The van der Waals surface area contributed by atoms with Gasteiger partial charge in [-0.1, -0.05) is 12.1 Å². The largest absolute Gasteiger partial charge is 0.487 e. The smallest absolute Gasteiger partial charge is 0.203 e. The van der Waals surface area contributed by atoms with Crippen LogP contribution in [0.2, 0.25) is 0 Å². The van der Waals surface area contributed by atoms with Crippen molar-refractivity contribution in [2.75, 3.05) is 281 Å². The van der Waals surface area contributed by atoms with Crippen LogP contribution in [0.3, 0.4) is 0 Å². The Morgan fingerprint density at radius 2 is 0.375 bits per heavy atom. The number of benzene rings is 3. The van der Waals surface area contributed by atoms with E-state index in [1.807, 2.05) is 48.5 Å². The van der Waals surface area contributed by atoms with Gasteiger partial charge in [-0.05, 0) is 47.5 Å². The quantitative estimate of drug-likeness (QED) is 0.0660. The highest BCUT2D eigenvalue weighted by Gasteiger charge is 2.20. The summed E-state index contributed by atoms with van der Waals surface area (Å²) >= 11 is 0. The summed E-state index contributed by atoms with van der Waals surface area (Å²) in [5.74, 6) is 3.34. The molecule has 26 heteroatoms. The molecule has 26 nitrogen and oxygen atoms in total. The fourth-order valence-corrected chi connectivity index (χ4v) is 7.19. The topological polar surface area (TPSA) is 240 Å². The Bertz CT molecular complexity index is 1810. The van der Waals surface area contributed by atoms with Crippen molar-refractivity contribution >= 4 is 0 Å². The van der Waals surface area contributed by atoms with Gasteiger partial charge in [0.15, 0.2) is 34.5 Å². The van der Waals surface area contributed by atoms with Crippen molar-refractivity contribution in [1.29, 1.82) is 0 Å². The van der Waals surface area contributed by atoms with E-state index in [1.165, 1.54) is 0 Å². The second-order valence-electron chi connectivity index (χ2n) is 18.3. The third kappa shape index (κ3) is 40.2. The summed E-state index contributed by atoms with van der Waals surface area (Å²) in [6.07, 6.45) is 0. The van der Waals surface area contributed by atoms with Gasteiger partial charge in [-0.25, -0.2) is 0 Å². The number of methoxy groups -OCH3 is 6. The van der Waals surface area contributed by atoms with Gasteiger partial charge >= 0.3 is 0 Å². The molecule has 0 fully saturated rings. The second kappa shape index (κ2) is 57.5.